The van der Waals surface area contributed by atoms with Crippen molar-refractivity contribution in [2.75, 3.05) is 39.9 Å². The number of nitrogens with one attached hydrogen (secondary N) is 1. The van der Waals surface area contributed by atoms with Crippen LogP contribution in [-0.2, 0) is 9.47 Å². The molecule has 20 heavy (non-hydrogen) atoms. The van der Waals surface area contributed by atoms with Gasteiger partial charge < -0.3 is 19.7 Å². The van der Waals surface area contributed by atoms with Gasteiger partial charge in [-0.2, -0.15) is 0 Å². The summed E-state index contributed by atoms with van der Waals surface area (Å²) in [7, 11) is 2.04. The van der Waals surface area contributed by atoms with Gasteiger partial charge in [0.05, 0.1) is 17.8 Å². The molecule has 2 unspecified atom stereocenters. The van der Waals surface area contributed by atoms with E-state index in [2.05, 4.69) is 44.8 Å². The van der Waals surface area contributed by atoms with E-state index in [9.17, 15) is 0 Å². The molecule has 2 atom stereocenters. The molecule has 0 aliphatic carbocycles. The van der Waals surface area contributed by atoms with Crippen LogP contribution in [0.2, 0.25) is 0 Å². The Balaban J connectivity index is 2.71. The molecule has 120 valence electrons. The fourth-order valence-electron chi connectivity index (χ4n) is 3.57. The molecular formula is C16H34N2O2. The molecule has 0 bridgehead atoms. The molecule has 0 saturated carbocycles. The lowest BCUT2D eigenvalue weighted by Gasteiger charge is -2.33. The van der Waals surface area contributed by atoms with Crippen LogP contribution >= 0.6 is 0 Å². The van der Waals surface area contributed by atoms with Gasteiger partial charge in [0.1, 0.15) is 0 Å². The van der Waals surface area contributed by atoms with Gasteiger partial charge in [0, 0.05) is 31.7 Å². The number of ether oxygens (including phenoxy) is 2. The van der Waals surface area contributed by atoms with E-state index in [0.717, 1.165) is 32.8 Å². The van der Waals surface area contributed by atoms with Crippen molar-refractivity contribution >= 4 is 0 Å². The number of hydrogen-bond donors (Lipinski definition) is 1. The molecule has 1 saturated heterocycles. The van der Waals surface area contributed by atoms with E-state index in [1.807, 2.05) is 14.0 Å². The van der Waals surface area contributed by atoms with E-state index >= 15 is 0 Å². The first-order valence-electron chi connectivity index (χ1n) is 7.96. The van der Waals surface area contributed by atoms with E-state index in [4.69, 9.17) is 9.47 Å². The normalized spacial score (nSPS) is 28.2. The van der Waals surface area contributed by atoms with Gasteiger partial charge in [-0.1, -0.05) is 6.92 Å². The summed E-state index contributed by atoms with van der Waals surface area (Å²) in [6.45, 7) is 17.8. The van der Waals surface area contributed by atoms with Crippen molar-refractivity contribution in [3.8, 4) is 0 Å². The summed E-state index contributed by atoms with van der Waals surface area (Å²) in [5.41, 5.74) is -0.224. The van der Waals surface area contributed by atoms with E-state index in [-0.39, 0.29) is 11.2 Å². The molecule has 1 aliphatic heterocycles. The molecular weight excluding hydrogens is 252 g/mol. The Bertz CT molecular complexity index is 292. The molecule has 1 heterocycles. The quantitative estimate of drug-likeness (QED) is 0.693. The molecule has 1 rings (SSSR count). The summed E-state index contributed by atoms with van der Waals surface area (Å²) in [6.07, 6.45) is 0. The van der Waals surface area contributed by atoms with Gasteiger partial charge in [-0.15, -0.1) is 0 Å². The van der Waals surface area contributed by atoms with Crippen molar-refractivity contribution in [1.82, 2.24) is 10.2 Å². The van der Waals surface area contributed by atoms with E-state index in [1.165, 1.54) is 0 Å². The Morgan fingerprint density at radius 2 is 1.80 bits per heavy atom. The van der Waals surface area contributed by atoms with Crippen molar-refractivity contribution in [2.45, 2.75) is 58.8 Å². The largest absolute Gasteiger partial charge is 0.380 e. The minimum Gasteiger partial charge on any atom is -0.380 e. The SMILES string of the molecule is CCOCCN(CC)CC1C(NC)C(C)(C)OC1(C)C. The van der Waals surface area contributed by atoms with Crippen LogP contribution in [-0.4, -0.2) is 62.0 Å². The second kappa shape index (κ2) is 7.21. The maximum absolute atomic E-state index is 6.30. The van der Waals surface area contributed by atoms with Crippen LogP contribution in [0.15, 0.2) is 0 Å². The van der Waals surface area contributed by atoms with Crippen LogP contribution in [0, 0.1) is 5.92 Å². The van der Waals surface area contributed by atoms with Crippen molar-refractivity contribution in [3.63, 3.8) is 0 Å². The minimum atomic E-state index is -0.123. The van der Waals surface area contributed by atoms with Crippen molar-refractivity contribution in [1.29, 1.82) is 0 Å². The Morgan fingerprint density at radius 3 is 2.30 bits per heavy atom. The van der Waals surface area contributed by atoms with E-state index in [0.29, 0.717) is 12.0 Å². The first kappa shape index (κ1) is 17.9. The predicted octanol–water partition coefficient (Wildman–Crippen LogP) is 2.14. The maximum atomic E-state index is 6.30. The summed E-state index contributed by atoms with van der Waals surface area (Å²) < 4.78 is 11.8. The van der Waals surface area contributed by atoms with Crippen molar-refractivity contribution < 1.29 is 9.47 Å². The van der Waals surface area contributed by atoms with Gasteiger partial charge in [-0.25, -0.2) is 0 Å². The van der Waals surface area contributed by atoms with Crippen LogP contribution < -0.4 is 5.32 Å². The molecule has 0 amide bonds. The van der Waals surface area contributed by atoms with Crippen LogP contribution in [0.4, 0.5) is 0 Å². The highest BCUT2D eigenvalue weighted by atomic mass is 16.5. The zero-order chi connectivity index (χ0) is 15.4. The number of hydrogen-bond acceptors (Lipinski definition) is 4. The molecule has 0 spiro atoms. The van der Waals surface area contributed by atoms with Gasteiger partial charge in [0.2, 0.25) is 0 Å². The summed E-state index contributed by atoms with van der Waals surface area (Å²) in [4.78, 5) is 2.47. The van der Waals surface area contributed by atoms with Crippen LogP contribution in [0.25, 0.3) is 0 Å². The second-order valence-corrected chi connectivity index (χ2v) is 6.77. The Kier molecular flexibility index (Phi) is 6.45. The standard InChI is InChI=1S/C16H34N2O2/c1-8-18(10-11-19-9-2)12-13-14(17-7)16(5,6)20-15(13,3)4/h13-14,17H,8-12H2,1-7H3. The summed E-state index contributed by atoms with van der Waals surface area (Å²) in [6, 6.07) is 0.374. The third kappa shape index (κ3) is 4.17. The van der Waals surface area contributed by atoms with Gasteiger partial charge in [0.15, 0.2) is 0 Å². The Labute approximate surface area is 125 Å². The summed E-state index contributed by atoms with van der Waals surface area (Å²) in [5, 5.41) is 3.47. The molecule has 0 radical (unpaired) electrons. The van der Waals surface area contributed by atoms with Gasteiger partial charge in [0.25, 0.3) is 0 Å². The van der Waals surface area contributed by atoms with Crippen molar-refractivity contribution in [3.05, 3.63) is 0 Å². The Morgan fingerprint density at radius 1 is 1.15 bits per heavy atom. The third-order valence-corrected chi connectivity index (χ3v) is 4.54. The lowest BCUT2D eigenvalue weighted by Crippen LogP contribution is -2.50. The first-order chi connectivity index (χ1) is 9.28. The highest BCUT2D eigenvalue weighted by Crippen LogP contribution is 2.42. The van der Waals surface area contributed by atoms with Gasteiger partial charge in [-0.05, 0) is 48.2 Å². The molecule has 4 nitrogen and oxygen atoms in total. The monoisotopic (exact) mass is 286 g/mol. The second-order valence-electron chi connectivity index (χ2n) is 6.77. The lowest BCUT2D eigenvalue weighted by molar-refractivity contribution is -0.0796. The Hall–Kier alpha value is -0.160. The van der Waals surface area contributed by atoms with E-state index in [1.54, 1.807) is 0 Å². The smallest absolute Gasteiger partial charge is 0.0790 e. The van der Waals surface area contributed by atoms with E-state index < -0.39 is 0 Å². The summed E-state index contributed by atoms with van der Waals surface area (Å²) >= 11 is 0. The fourth-order valence-corrected chi connectivity index (χ4v) is 3.57. The zero-order valence-electron chi connectivity index (χ0n) is 14.5. The lowest BCUT2D eigenvalue weighted by atomic mass is 9.82. The highest BCUT2D eigenvalue weighted by Gasteiger charge is 2.53. The zero-order valence-corrected chi connectivity index (χ0v) is 14.5. The number of rotatable bonds is 8. The molecule has 1 aliphatic rings. The minimum absolute atomic E-state index is 0.101. The summed E-state index contributed by atoms with van der Waals surface area (Å²) in [5.74, 6) is 0.476. The number of nitrogens with zero attached hydrogens (tertiary/aromatic N) is 1. The fraction of sp³-hybridized carbons (Fsp3) is 1.00. The molecule has 4 heteroatoms. The molecule has 1 fully saturated rings. The first-order valence-corrected chi connectivity index (χ1v) is 7.96. The van der Waals surface area contributed by atoms with Crippen LogP contribution in [0.1, 0.15) is 41.5 Å². The predicted molar refractivity (Wildman–Crippen MR) is 84.2 cm³/mol. The highest BCUT2D eigenvalue weighted by molar-refractivity contribution is 5.05. The number of likely N-dealkylation sites (N-methyl/N-ethyl adjacent to an activating group) is 2. The van der Waals surface area contributed by atoms with Gasteiger partial charge in [-0.3, -0.25) is 0 Å². The van der Waals surface area contributed by atoms with Crippen LogP contribution in [0.5, 0.6) is 0 Å². The third-order valence-electron chi connectivity index (χ3n) is 4.54. The average Bonchev–Trinajstić information content (AvgIpc) is 2.52. The molecule has 0 aromatic carbocycles. The topological polar surface area (TPSA) is 33.7 Å². The van der Waals surface area contributed by atoms with Crippen molar-refractivity contribution in [2.24, 2.45) is 5.92 Å². The molecule has 0 aromatic rings. The molecule has 1 N–H and O–H groups in total. The average molecular weight is 286 g/mol. The molecule has 0 aromatic heterocycles. The van der Waals surface area contributed by atoms with Crippen LogP contribution in [0.3, 0.4) is 0 Å². The maximum Gasteiger partial charge on any atom is 0.0790 e. The van der Waals surface area contributed by atoms with Gasteiger partial charge >= 0.3 is 0 Å².